The Morgan fingerprint density at radius 1 is 1.00 bits per heavy atom. The summed E-state index contributed by atoms with van der Waals surface area (Å²) in [5.41, 5.74) is 0.886. The molecule has 6 heteroatoms. The van der Waals surface area contributed by atoms with Gasteiger partial charge >= 0.3 is 11.9 Å². The van der Waals surface area contributed by atoms with Crippen LogP contribution in [0, 0.1) is 45.3 Å². The lowest BCUT2D eigenvalue weighted by molar-refractivity contribution is -0.185. The second-order valence-electron chi connectivity index (χ2n) is 14.9. The van der Waals surface area contributed by atoms with Crippen molar-refractivity contribution in [2.45, 2.75) is 126 Å². The minimum atomic E-state index is -0.732. The highest BCUT2D eigenvalue weighted by Crippen LogP contribution is 2.74. The molecule has 0 aromatic rings. The van der Waals surface area contributed by atoms with Gasteiger partial charge in [0.25, 0.3) is 0 Å². The SMILES string of the molecule is CC(=O)O[C@H]1CCC2C(=C[C@H](O)[C@@H]3[C@@]2(C=O)CC[C@]2(C)C(C(C)C[C@H](C=C(C)C)OC(C)=O)CC[C@@]32C)C1(C)C. The van der Waals surface area contributed by atoms with Gasteiger partial charge in [-0.1, -0.05) is 51.8 Å². The number of fused-ring (bicyclic) bond motifs is 5. The molecule has 4 aliphatic carbocycles. The number of carbonyl (C=O) groups is 3. The van der Waals surface area contributed by atoms with Crippen LogP contribution in [0.3, 0.4) is 0 Å². The van der Waals surface area contributed by atoms with Gasteiger partial charge in [0.1, 0.15) is 18.5 Å². The third kappa shape index (κ3) is 4.80. The quantitative estimate of drug-likeness (QED) is 0.216. The Kier molecular flexibility index (Phi) is 8.30. The van der Waals surface area contributed by atoms with Crippen molar-refractivity contribution in [3.05, 3.63) is 23.3 Å². The summed E-state index contributed by atoms with van der Waals surface area (Å²) in [4.78, 5) is 37.0. The first-order valence-corrected chi connectivity index (χ1v) is 15.4. The van der Waals surface area contributed by atoms with Crippen LogP contribution < -0.4 is 0 Å². The number of aliphatic hydroxyl groups excluding tert-OH is 1. The molecule has 0 aromatic carbocycles. The number of hydrogen-bond donors (Lipinski definition) is 1. The fraction of sp³-hybridized carbons (Fsp3) is 0.794. The van der Waals surface area contributed by atoms with Gasteiger partial charge in [0.15, 0.2) is 0 Å². The van der Waals surface area contributed by atoms with Gasteiger partial charge in [-0.05, 0) is 93.5 Å². The van der Waals surface area contributed by atoms with Crippen LogP contribution in [0.1, 0.15) is 107 Å². The molecule has 0 spiro atoms. The summed E-state index contributed by atoms with van der Waals surface area (Å²) in [6.07, 6.45) is 10.0. The summed E-state index contributed by atoms with van der Waals surface area (Å²) in [5.74, 6) is 0.0586. The molecule has 4 rings (SSSR count). The van der Waals surface area contributed by atoms with E-state index in [9.17, 15) is 19.5 Å². The van der Waals surface area contributed by atoms with Gasteiger partial charge in [0.2, 0.25) is 0 Å². The third-order valence-corrected chi connectivity index (χ3v) is 12.1. The lowest BCUT2D eigenvalue weighted by Gasteiger charge is -2.66. The van der Waals surface area contributed by atoms with Crippen molar-refractivity contribution in [3.8, 4) is 0 Å². The van der Waals surface area contributed by atoms with E-state index in [-0.39, 0.29) is 46.8 Å². The maximum absolute atomic E-state index is 13.3. The molecule has 3 unspecified atom stereocenters. The molecule has 224 valence electrons. The molecule has 40 heavy (non-hydrogen) atoms. The number of rotatable bonds is 7. The summed E-state index contributed by atoms with van der Waals surface area (Å²) < 4.78 is 11.4. The van der Waals surface area contributed by atoms with Crippen LogP contribution in [-0.2, 0) is 23.9 Å². The van der Waals surface area contributed by atoms with Crippen LogP contribution in [0.25, 0.3) is 0 Å². The average molecular weight is 557 g/mol. The van der Waals surface area contributed by atoms with Crippen molar-refractivity contribution in [2.75, 3.05) is 0 Å². The zero-order valence-electron chi connectivity index (χ0n) is 26.2. The fourth-order valence-electron chi connectivity index (χ4n) is 10.2. The van der Waals surface area contributed by atoms with Crippen LogP contribution in [0.15, 0.2) is 23.3 Å². The molecule has 0 bridgehead atoms. The molecule has 10 atom stereocenters. The molecule has 0 amide bonds. The zero-order valence-corrected chi connectivity index (χ0v) is 26.2. The van der Waals surface area contributed by atoms with Crippen molar-refractivity contribution in [3.63, 3.8) is 0 Å². The molecule has 1 N–H and O–H groups in total. The first-order valence-electron chi connectivity index (χ1n) is 15.4. The van der Waals surface area contributed by atoms with Crippen LogP contribution in [0.5, 0.6) is 0 Å². The fourth-order valence-corrected chi connectivity index (χ4v) is 10.2. The first-order chi connectivity index (χ1) is 18.5. The van der Waals surface area contributed by atoms with Crippen LogP contribution >= 0.6 is 0 Å². The highest BCUT2D eigenvalue weighted by atomic mass is 16.5. The standard InChI is InChI=1S/C34H52O6/c1-20(2)16-24(39-22(4)36)17-21(3)25-12-13-33(9)30-28(38)18-27-26(34(30,19-35)15-14-32(25,33)8)10-11-29(31(27,6)7)40-23(5)37/h16,18-19,21,24-26,28-30,38H,10-15,17H2,1-9H3/t21?,24-,25?,26?,28-,29-,30-,32+,33-,34+/m0/s1. The highest BCUT2D eigenvalue weighted by molar-refractivity contribution is 5.67. The topological polar surface area (TPSA) is 89.9 Å². The smallest absolute Gasteiger partial charge is 0.303 e. The Labute approximate surface area is 241 Å². The van der Waals surface area contributed by atoms with E-state index in [1.54, 1.807) is 0 Å². The van der Waals surface area contributed by atoms with Crippen LogP contribution in [0.2, 0.25) is 0 Å². The van der Waals surface area contributed by atoms with Gasteiger partial charge in [-0.15, -0.1) is 0 Å². The van der Waals surface area contributed by atoms with E-state index < -0.39 is 16.9 Å². The van der Waals surface area contributed by atoms with Gasteiger partial charge < -0.3 is 19.4 Å². The summed E-state index contributed by atoms with van der Waals surface area (Å²) in [6, 6.07) is 0. The normalized spacial score (nSPS) is 41.2. The number of hydrogen-bond acceptors (Lipinski definition) is 6. The molecule has 0 radical (unpaired) electrons. The summed E-state index contributed by atoms with van der Waals surface area (Å²) in [5, 5.41) is 11.9. The van der Waals surface area contributed by atoms with E-state index in [2.05, 4.69) is 40.7 Å². The Bertz CT molecular complexity index is 1080. The van der Waals surface area contributed by atoms with Crippen LogP contribution in [-0.4, -0.2) is 41.6 Å². The van der Waals surface area contributed by atoms with Gasteiger partial charge in [0, 0.05) is 30.6 Å². The molecule has 0 aliphatic heterocycles. The van der Waals surface area contributed by atoms with Crippen LogP contribution in [0.4, 0.5) is 0 Å². The number of esters is 2. The van der Waals surface area contributed by atoms with Gasteiger partial charge in [-0.2, -0.15) is 0 Å². The third-order valence-electron chi connectivity index (χ3n) is 12.1. The number of allylic oxidation sites excluding steroid dienone is 1. The van der Waals surface area contributed by atoms with E-state index in [0.717, 1.165) is 56.1 Å². The van der Waals surface area contributed by atoms with Crippen molar-refractivity contribution in [2.24, 2.45) is 45.3 Å². The Hall–Kier alpha value is -1.95. The predicted octanol–water partition coefficient (Wildman–Crippen LogP) is 6.60. The minimum absolute atomic E-state index is 0.0454. The van der Waals surface area contributed by atoms with E-state index in [1.807, 2.05) is 19.9 Å². The summed E-state index contributed by atoms with van der Waals surface area (Å²) >= 11 is 0. The van der Waals surface area contributed by atoms with Gasteiger partial charge in [-0.25, -0.2) is 0 Å². The molecule has 3 fully saturated rings. The van der Waals surface area contributed by atoms with Crippen molar-refractivity contribution in [1.29, 1.82) is 0 Å². The van der Waals surface area contributed by atoms with E-state index in [4.69, 9.17) is 9.47 Å². The van der Waals surface area contributed by atoms with E-state index >= 15 is 0 Å². The van der Waals surface area contributed by atoms with Gasteiger partial charge in [-0.3, -0.25) is 9.59 Å². The highest BCUT2D eigenvalue weighted by Gasteiger charge is 2.70. The van der Waals surface area contributed by atoms with Crippen molar-refractivity contribution >= 4 is 18.2 Å². The molecule has 0 saturated heterocycles. The molecule has 3 saturated carbocycles. The molecular weight excluding hydrogens is 504 g/mol. The lowest BCUT2D eigenvalue weighted by Crippen LogP contribution is -2.64. The summed E-state index contributed by atoms with van der Waals surface area (Å²) in [6.45, 7) is 18.2. The monoisotopic (exact) mass is 556 g/mol. The second-order valence-corrected chi connectivity index (χ2v) is 14.9. The molecule has 0 heterocycles. The number of carbonyl (C=O) groups excluding carboxylic acids is 3. The van der Waals surface area contributed by atoms with E-state index in [0.29, 0.717) is 11.8 Å². The average Bonchev–Trinajstić information content (AvgIpc) is 3.11. The van der Waals surface area contributed by atoms with Crippen molar-refractivity contribution in [1.82, 2.24) is 0 Å². The van der Waals surface area contributed by atoms with Gasteiger partial charge in [0.05, 0.1) is 6.10 Å². The largest absolute Gasteiger partial charge is 0.462 e. The minimum Gasteiger partial charge on any atom is -0.462 e. The second kappa shape index (κ2) is 10.7. The summed E-state index contributed by atoms with van der Waals surface area (Å²) in [7, 11) is 0. The Morgan fingerprint density at radius 3 is 2.25 bits per heavy atom. The molecule has 0 aromatic heterocycles. The van der Waals surface area contributed by atoms with E-state index in [1.165, 1.54) is 20.1 Å². The Morgan fingerprint density at radius 2 is 1.68 bits per heavy atom. The molecular formula is C34H52O6. The predicted molar refractivity (Wildman–Crippen MR) is 155 cm³/mol. The molecule has 6 nitrogen and oxygen atoms in total. The first kappa shape index (κ1) is 31.0. The lowest BCUT2D eigenvalue weighted by atomic mass is 9.38. The van der Waals surface area contributed by atoms with Crippen molar-refractivity contribution < 1.29 is 29.0 Å². The zero-order chi connectivity index (χ0) is 29.8. The number of ether oxygens (including phenoxy) is 2. The maximum atomic E-state index is 13.3. The number of aldehydes is 1. The number of aliphatic hydroxyl groups is 1. The molecule has 4 aliphatic rings. The maximum Gasteiger partial charge on any atom is 0.303 e. The Balaban J connectivity index is 1.69.